The number of hydrogen-bond donors (Lipinski definition) is 9. The molecule has 0 amide bonds. The third kappa shape index (κ3) is 27.7. The maximum absolute atomic E-state index is 4.83. The Kier molecular flexibility index (Phi) is 29.1. The lowest BCUT2D eigenvalue weighted by molar-refractivity contribution is 0.194. The number of ether oxygens (including phenoxy) is 1. The first-order chi connectivity index (χ1) is 25.0. The quantitative estimate of drug-likeness (QED) is 0.109. The molecular formula is C33H57N15O2. The Morgan fingerprint density at radius 2 is 1.18 bits per heavy atom. The number of fused-ring (bicyclic) bond motifs is 1. The maximum atomic E-state index is 4.83. The van der Waals surface area contributed by atoms with Gasteiger partial charge >= 0.3 is 0 Å². The van der Waals surface area contributed by atoms with Crippen LogP contribution in [0.15, 0.2) is 91.2 Å². The largest absolute Gasteiger partial charge is 0.365 e. The molecule has 50 heavy (non-hydrogen) atoms. The van der Waals surface area contributed by atoms with Gasteiger partial charge in [0.25, 0.3) is 0 Å². The van der Waals surface area contributed by atoms with Crippen LogP contribution >= 0.6 is 0 Å². The Morgan fingerprint density at radius 1 is 0.540 bits per heavy atom. The highest BCUT2D eigenvalue weighted by molar-refractivity contribution is 5.68. The first kappa shape index (κ1) is 42.0. The number of hydrogen-bond acceptors (Lipinski definition) is 15. The summed E-state index contributed by atoms with van der Waals surface area (Å²) in [4.78, 5) is 24.8. The Morgan fingerprint density at radius 3 is 1.48 bits per heavy atom. The molecule has 5 aromatic rings. The van der Waals surface area contributed by atoms with E-state index in [9.17, 15) is 0 Å². The van der Waals surface area contributed by atoms with Crippen molar-refractivity contribution in [1.29, 1.82) is 0 Å². The minimum Gasteiger partial charge on any atom is -0.365 e. The van der Waals surface area contributed by atoms with Gasteiger partial charge in [0.05, 0.1) is 37.7 Å². The molecule has 10 heterocycles. The first-order valence-corrected chi connectivity index (χ1v) is 17.2. The fourth-order valence-electron chi connectivity index (χ4n) is 3.63. The number of pyridine rings is 1. The first-order valence-electron chi connectivity index (χ1n) is 17.2. The monoisotopic (exact) mass is 695 g/mol. The van der Waals surface area contributed by atoms with Crippen LogP contribution in [0.1, 0.15) is 19.3 Å². The van der Waals surface area contributed by atoms with Crippen molar-refractivity contribution in [2.24, 2.45) is 0 Å². The molecule has 0 radical (unpaired) electrons. The summed E-state index contributed by atoms with van der Waals surface area (Å²) >= 11 is 0. The molecule has 0 bridgehead atoms. The summed E-state index contributed by atoms with van der Waals surface area (Å²) in [5, 5.41) is 25.3. The number of aromatic amines is 2. The van der Waals surface area contributed by atoms with Crippen molar-refractivity contribution in [3.63, 3.8) is 0 Å². The Labute approximate surface area is 295 Å². The van der Waals surface area contributed by atoms with Gasteiger partial charge in [-0.05, 0) is 63.6 Å². The number of aromatic nitrogens is 8. The number of H-pyrrole nitrogens is 2. The molecule has 17 nitrogen and oxygen atoms in total. The van der Waals surface area contributed by atoms with E-state index in [1.807, 2.05) is 12.1 Å². The van der Waals surface area contributed by atoms with Gasteiger partial charge in [-0.25, -0.2) is 15.0 Å². The molecule has 5 aromatic heterocycles. The highest BCUT2D eigenvalue weighted by atomic mass is 16.5. The molecule has 5 aliphatic rings. The number of piperazine rings is 1. The van der Waals surface area contributed by atoms with Crippen LogP contribution in [-0.2, 0) is 4.74 Å². The number of rotatable bonds is 0. The Hall–Kier alpha value is -4.20. The lowest BCUT2D eigenvalue weighted by Gasteiger charge is -2.11. The molecular weight excluding hydrogens is 638 g/mol. The minimum absolute atomic E-state index is 0.750. The van der Waals surface area contributed by atoms with E-state index >= 15 is 0 Å². The molecule has 0 aliphatic carbocycles. The Balaban J connectivity index is 0.000000197. The summed E-state index contributed by atoms with van der Waals surface area (Å²) in [5.41, 5.74) is 1.76. The van der Waals surface area contributed by atoms with Gasteiger partial charge in [0, 0.05) is 95.9 Å². The zero-order valence-electron chi connectivity index (χ0n) is 29.1. The summed E-state index contributed by atoms with van der Waals surface area (Å²) in [7, 11) is 0. The van der Waals surface area contributed by atoms with Crippen molar-refractivity contribution < 1.29 is 9.26 Å². The van der Waals surface area contributed by atoms with E-state index in [0.29, 0.717) is 0 Å². The van der Waals surface area contributed by atoms with Gasteiger partial charge < -0.3 is 51.1 Å². The van der Waals surface area contributed by atoms with E-state index in [1.54, 1.807) is 68.3 Å². The van der Waals surface area contributed by atoms with E-state index < -0.39 is 0 Å². The molecule has 0 spiro atoms. The van der Waals surface area contributed by atoms with Crippen LogP contribution < -0.4 is 37.2 Å². The third-order valence-electron chi connectivity index (χ3n) is 6.40. The average Bonchev–Trinajstić information content (AvgIpc) is 4.05. The third-order valence-corrected chi connectivity index (χ3v) is 6.40. The van der Waals surface area contributed by atoms with Gasteiger partial charge in [0.2, 0.25) is 0 Å². The molecule has 5 fully saturated rings. The van der Waals surface area contributed by atoms with Crippen molar-refractivity contribution in [2.75, 3.05) is 92.0 Å². The van der Waals surface area contributed by atoms with Crippen LogP contribution in [0.2, 0.25) is 0 Å². The van der Waals surface area contributed by atoms with Gasteiger partial charge in [-0.15, -0.1) is 0 Å². The molecule has 0 atom stereocenters. The average molecular weight is 696 g/mol. The van der Waals surface area contributed by atoms with Crippen LogP contribution in [0.4, 0.5) is 0 Å². The van der Waals surface area contributed by atoms with Crippen molar-refractivity contribution in [3.05, 3.63) is 86.7 Å². The number of nitrogens with zero attached hydrogens (tertiary/aromatic N) is 6. The molecule has 0 aromatic carbocycles. The Bertz CT molecular complexity index is 1080. The van der Waals surface area contributed by atoms with Crippen molar-refractivity contribution >= 4 is 11.2 Å². The highest BCUT2D eigenvalue weighted by Gasteiger charge is 1.94. The zero-order valence-corrected chi connectivity index (χ0v) is 29.1. The summed E-state index contributed by atoms with van der Waals surface area (Å²) in [6, 6.07) is 5.54. The smallest absolute Gasteiger partial charge is 0.177 e. The van der Waals surface area contributed by atoms with Crippen LogP contribution in [0.3, 0.4) is 0 Å². The second kappa shape index (κ2) is 34.7. The van der Waals surface area contributed by atoms with Gasteiger partial charge in [-0.2, -0.15) is 0 Å². The topological polar surface area (TPSA) is 215 Å². The second-order valence-corrected chi connectivity index (χ2v) is 10.4. The van der Waals surface area contributed by atoms with E-state index in [1.165, 1.54) is 51.7 Å². The predicted molar refractivity (Wildman–Crippen MR) is 196 cm³/mol. The highest BCUT2D eigenvalue weighted by Crippen LogP contribution is 2.01. The zero-order chi connectivity index (χ0) is 35.1. The number of imidazole rings is 2. The fraction of sp³-hybridized carbons (Fsp3) is 0.515. The van der Waals surface area contributed by atoms with Gasteiger partial charge in [0.1, 0.15) is 6.26 Å². The van der Waals surface area contributed by atoms with Crippen LogP contribution in [0.25, 0.3) is 11.2 Å². The molecule has 276 valence electrons. The SMILES string of the molecule is C1CCNC1.C1CNC1.C1CNCCN1.C1CNCN1.C1COCN1.c1c[nH]cn1.c1cnc2nc[nH]c2c1.c1cnccn1.c1cnoc1. The van der Waals surface area contributed by atoms with Gasteiger partial charge in [0.15, 0.2) is 5.65 Å². The van der Waals surface area contributed by atoms with Crippen LogP contribution in [0.5, 0.6) is 0 Å². The van der Waals surface area contributed by atoms with Gasteiger partial charge in [-0.3, -0.25) is 15.3 Å². The molecule has 0 unspecified atom stereocenters. The lowest BCUT2D eigenvalue weighted by atomic mass is 10.3. The molecule has 17 heteroatoms. The normalized spacial score (nSPS) is 16.4. The van der Waals surface area contributed by atoms with Crippen LogP contribution in [0, 0.1) is 0 Å². The molecule has 5 saturated heterocycles. The summed E-state index contributed by atoms with van der Waals surface area (Å²) in [5.74, 6) is 0. The summed E-state index contributed by atoms with van der Waals surface area (Å²) < 4.78 is 9.17. The van der Waals surface area contributed by atoms with Crippen LogP contribution in [-0.4, -0.2) is 132 Å². The van der Waals surface area contributed by atoms with E-state index in [-0.39, 0.29) is 0 Å². The molecule has 5 aliphatic heterocycles. The van der Waals surface area contributed by atoms with Crippen molar-refractivity contribution in [3.8, 4) is 0 Å². The minimum atomic E-state index is 0.750. The van der Waals surface area contributed by atoms with Gasteiger partial charge in [-0.1, -0.05) is 5.16 Å². The number of nitrogens with one attached hydrogen (secondary N) is 9. The maximum Gasteiger partial charge on any atom is 0.177 e. The molecule has 0 saturated carbocycles. The van der Waals surface area contributed by atoms with Crippen molar-refractivity contribution in [2.45, 2.75) is 19.3 Å². The standard InChI is InChI=1S/C6H5N3.C4H10N2.C4H4N2.C4H9N.C3H8N2.C3H4N2.C3H7NO.C3H3NO.C3H7N/c1-2-5-6(7-3-1)9-4-8-5;2*1-2-6-4-3-5-1;1-2-4-5-3-1;3*1-2-5-3-4-1;1-2-4-5-3-1;1-2-4-3-1/h1-4H,(H,7,8,9);5-6H,1-4H2;1-4H;5H,1-4H2;4-5H,1-3H2;1-3H,(H,4,5);4H,1-3H2;1-3H;4H,1-3H2. The second-order valence-electron chi connectivity index (χ2n) is 10.4. The molecule has 10 rings (SSSR count). The molecule has 9 N–H and O–H groups in total. The van der Waals surface area contributed by atoms with E-state index in [2.05, 4.69) is 81.8 Å². The van der Waals surface area contributed by atoms with E-state index in [4.69, 9.17) is 4.74 Å². The van der Waals surface area contributed by atoms with Crippen molar-refractivity contribution in [1.82, 2.24) is 77.3 Å². The van der Waals surface area contributed by atoms with E-state index in [0.717, 1.165) is 77.0 Å². The fourth-order valence-corrected chi connectivity index (χ4v) is 3.63. The summed E-state index contributed by atoms with van der Waals surface area (Å²) in [6.07, 6.45) is 22.3. The lowest BCUT2D eigenvalue weighted by Crippen LogP contribution is -2.39. The summed E-state index contributed by atoms with van der Waals surface area (Å²) in [6.45, 7) is 15.5. The predicted octanol–water partition coefficient (Wildman–Crippen LogP) is 0.748.